The van der Waals surface area contributed by atoms with Gasteiger partial charge in [0.25, 0.3) is 5.91 Å². The molecule has 1 N–H and O–H groups in total. The highest BCUT2D eigenvalue weighted by molar-refractivity contribution is 5.96. The van der Waals surface area contributed by atoms with Crippen molar-refractivity contribution in [2.75, 3.05) is 13.4 Å². The Morgan fingerprint density at radius 3 is 2.84 bits per heavy atom. The molecule has 1 amide bonds. The Bertz CT molecular complexity index is 1180. The molecule has 1 aliphatic rings. The molecule has 0 atom stereocenters. The number of aromatic nitrogens is 1. The highest BCUT2D eigenvalue weighted by Crippen LogP contribution is 2.36. The fourth-order valence-corrected chi connectivity index (χ4v) is 2.94. The largest absolute Gasteiger partial charge is 0.492 e. The molecule has 0 saturated carbocycles. The molecule has 0 radical (unpaired) electrons. The molecular weight excluding hydrogens is 417 g/mol. The number of halogens is 1. The molecule has 8 nitrogen and oxygen atoms in total. The van der Waals surface area contributed by atoms with Crippen molar-refractivity contribution < 1.29 is 28.1 Å². The lowest BCUT2D eigenvalue weighted by Gasteiger charge is -2.11. The Morgan fingerprint density at radius 2 is 2.00 bits per heavy atom. The zero-order valence-electron chi connectivity index (χ0n) is 16.8. The predicted octanol–water partition coefficient (Wildman–Crippen LogP) is 3.96. The number of nitriles is 1. The smallest absolute Gasteiger partial charge is 0.257 e. The molecule has 162 valence electrons. The third kappa shape index (κ3) is 4.87. The van der Waals surface area contributed by atoms with Crippen LogP contribution in [0.15, 0.2) is 54.7 Å². The number of benzene rings is 2. The summed E-state index contributed by atoms with van der Waals surface area (Å²) in [5.74, 6) is 1.01. The highest BCUT2D eigenvalue weighted by atomic mass is 19.1. The first-order chi connectivity index (χ1) is 15.6. The average molecular weight is 435 g/mol. The summed E-state index contributed by atoms with van der Waals surface area (Å²) in [6.45, 7) is 0.278. The number of nitrogens with zero attached hydrogens (tertiary/aromatic N) is 2. The summed E-state index contributed by atoms with van der Waals surface area (Å²) in [5.41, 5.74) is 0.482. The molecule has 0 saturated heterocycles. The van der Waals surface area contributed by atoms with Crippen LogP contribution in [0.25, 0.3) is 0 Å². The first kappa shape index (κ1) is 20.9. The van der Waals surface area contributed by atoms with Crippen LogP contribution in [0.3, 0.4) is 0 Å². The Balaban J connectivity index is 1.41. The normalized spacial score (nSPS) is 11.5. The second-order valence-corrected chi connectivity index (χ2v) is 6.67. The van der Waals surface area contributed by atoms with E-state index in [0.717, 1.165) is 0 Å². The van der Waals surface area contributed by atoms with E-state index in [-0.39, 0.29) is 43.4 Å². The van der Waals surface area contributed by atoms with Crippen molar-refractivity contribution in [3.05, 3.63) is 71.7 Å². The van der Waals surface area contributed by atoms with E-state index in [1.807, 2.05) is 6.07 Å². The highest BCUT2D eigenvalue weighted by Gasteiger charge is 2.18. The third-order valence-corrected chi connectivity index (χ3v) is 4.52. The Labute approximate surface area is 183 Å². The molecule has 1 aromatic heterocycles. The van der Waals surface area contributed by atoms with Crippen molar-refractivity contribution >= 4 is 5.91 Å². The Kier molecular flexibility index (Phi) is 6.32. The number of ether oxygens (including phenoxy) is 4. The van der Waals surface area contributed by atoms with E-state index in [1.54, 1.807) is 36.4 Å². The van der Waals surface area contributed by atoms with Crippen LogP contribution in [0.2, 0.25) is 0 Å². The summed E-state index contributed by atoms with van der Waals surface area (Å²) in [7, 11) is 0. The average Bonchev–Trinajstić information content (AvgIpc) is 3.27. The molecule has 3 aromatic rings. The topological polar surface area (TPSA) is 103 Å². The SMILES string of the molecule is N#CCCOc1ccc(CNC(=O)c2cccnc2Oc2ccc3c(c2)OCO3)c(F)c1. The van der Waals surface area contributed by atoms with E-state index in [2.05, 4.69) is 10.3 Å². The monoisotopic (exact) mass is 435 g/mol. The van der Waals surface area contributed by atoms with Gasteiger partial charge in [-0.2, -0.15) is 5.26 Å². The molecule has 32 heavy (non-hydrogen) atoms. The van der Waals surface area contributed by atoms with Crippen molar-refractivity contribution in [3.63, 3.8) is 0 Å². The molecule has 4 rings (SSSR count). The standard InChI is InChI=1S/C23H18FN3O5/c24-19-11-16(29-10-2-8-25)5-4-15(19)13-27-22(28)18-3-1-9-26-23(18)32-17-6-7-20-21(12-17)31-14-30-20/h1,3-7,9,11-12H,2,10,13-14H2,(H,27,28). The third-order valence-electron chi connectivity index (χ3n) is 4.52. The van der Waals surface area contributed by atoms with Gasteiger partial charge in [0.15, 0.2) is 11.5 Å². The maximum Gasteiger partial charge on any atom is 0.257 e. The first-order valence-corrected chi connectivity index (χ1v) is 9.73. The lowest BCUT2D eigenvalue weighted by atomic mass is 10.2. The summed E-state index contributed by atoms with van der Waals surface area (Å²) < 4.78 is 36.0. The predicted molar refractivity (Wildman–Crippen MR) is 110 cm³/mol. The van der Waals surface area contributed by atoms with E-state index in [9.17, 15) is 9.18 Å². The van der Waals surface area contributed by atoms with E-state index in [1.165, 1.54) is 18.3 Å². The minimum Gasteiger partial charge on any atom is -0.492 e. The summed E-state index contributed by atoms with van der Waals surface area (Å²) in [6, 6.07) is 14.5. The Hall–Kier alpha value is -4.32. The van der Waals surface area contributed by atoms with Gasteiger partial charge in [0.1, 0.15) is 29.5 Å². The van der Waals surface area contributed by atoms with Gasteiger partial charge >= 0.3 is 0 Å². The molecule has 2 heterocycles. The quantitative estimate of drug-likeness (QED) is 0.534. The summed E-state index contributed by atoms with van der Waals surface area (Å²) in [4.78, 5) is 16.9. The van der Waals surface area contributed by atoms with Gasteiger partial charge in [-0.3, -0.25) is 4.79 Å². The number of amides is 1. The fraction of sp³-hybridized carbons (Fsp3) is 0.174. The number of rotatable bonds is 8. The summed E-state index contributed by atoms with van der Waals surface area (Å²) in [6.07, 6.45) is 1.71. The Morgan fingerprint density at radius 1 is 1.16 bits per heavy atom. The van der Waals surface area contributed by atoms with Gasteiger partial charge < -0.3 is 24.3 Å². The molecule has 0 unspecified atom stereocenters. The van der Waals surface area contributed by atoms with Gasteiger partial charge in [0, 0.05) is 30.4 Å². The second kappa shape index (κ2) is 9.66. The van der Waals surface area contributed by atoms with Crippen molar-refractivity contribution in [1.82, 2.24) is 10.3 Å². The van der Waals surface area contributed by atoms with E-state index >= 15 is 0 Å². The van der Waals surface area contributed by atoms with Gasteiger partial charge in [0.2, 0.25) is 12.7 Å². The maximum atomic E-state index is 14.3. The minimum absolute atomic E-state index is 0.0402. The van der Waals surface area contributed by atoms with Gasteiger partial charge in [-0.25, -0.2) is 9.37 Å². The van der Waals surface area contributed by atoms with E-state index in [0.29, 0.717) is 23.0 Å². The zero-order valence-corrected chi connectivity index (χ0v) is 16.8. The van der Waals surface area contributed by atoms with Crippen LogP contribution in [-0.2, 0) is 6.54 Å². The lowest BCUT2D eigenvalue weighted by molar-refractivity contribution is 0.0947. The molecule has 0 bridgehead atoms. The fourth-order valence-electron chi connectivity index (χ4n) is 2.94. The zero-order chi connectivity index (χ0) is 22.3. The number of nitrogens with one attached hydrogen (secondary N) is 1. The van der Waals surface area contributed by atoms with Crippen molar-refractivity contribution in [1.29, 1.82) is 5.26 Å². The van der Waals surface area contributed by atoms with Crippen LogP contribution in [0.4, 0.5) is 4.39 Å². The number of hydrogen-bond acceptors (Lipinski definition) is 7. The number of fused-ring (bicyclic) bond motifs is 1. The van der Waals surface area contributed by atoms with Crippen LogP contribution in [-0.4, -0.2) is 24.3 Å². The lowest BCUT2D eigenvalue weighted by Crippen LogP contribution is -2.24. The molecule has 1 aliphatic heterocycles. The van der Waals surface area contributed by atoms with E-state index < -0.39 is 11.7 Å². The minimum atomic E-state index is -0.525. The van der Waals surface area contributed by atoms with Gasteiger partial charge in [-0.1, -0.05) is 6.07 Å². The molecule has 0 aliphatic carbocycles. The maximum absolute atomic E-state index is 14.3. The van der Waals surface area contributed by atoms with Crippen LogP contribution >= 0.6 is 0 Å². The molecule has 9 heteroatoms. The van der Waals surface area contributed by atoms with E-state index in [4.69, 9.17) is 24.2 Å². The van der Waals surface area contributed by atoms with Crippen molar-refractivity contribution in [3.8, 4) is 34.9 Å². The van der Waals surface area contributed by atoms with Gasteiger partial charge in [-0.15, -0.1) is 0 Å². The molecule has 0 spiro atoms. The molecule has 0 fully saturated rings. The van der Waals surface area contributed by atoms with Crippen LogP contribution in [0.1, 0.15) is 22.3 Å². The summed E-state index contributed by atoms with van der Waals surface area (Å²) >= 11 is 0. The molecular formula is C23H18FN3O5. The number of pyridine rings is 1. The van der Waals surface area contributed by atoms with Gasteiger partial charge in [-0.05, 0) is 30.3 Å². The molecule has 2 aromatic carbocycles. The number of hydrogen-bond donors (Lipinski definition) is 1. The summed E-state index contributed by atoms with van der Waals surface area (Å²) in [5, 5.41) is 11.2. The number of carbonyl (C=O) groups is 1. The first-order valence-electron chi connectivity index (χ1n) is 9.73. The van der Waals surface area contributed by atoms with Crippen LogP contribution in [0, 0.1) is 17.1 Å². The van der Waals surface area contributed by atoms with Gasteiger partial charge in [0.05, 0.1) is 12.5 Å². The van der Waals surface area contributed by atoms with Crippen molar-refractivity contribution in [2.24, 2.45) is 0 Å². The number of carbonyl (C=O) groups excluding carboxylic acids is 1. The van der Waals surface area contributed by atoms with Crippen LogP contribution < -0.4 is 24.3 Å². The second-order valence-electron chi connectivity index (χ2n) is 6.67. The van der Waals surface area contributed by atoms with Crippen molar-refractivity contribution in [2.45, 2.75) is 13.0 Å². The van der Waals surface area contributed by atoms with Crippen LogP contribution in [0.5, 0.6) is 28.9 Å².